The predicted octanol–water partition coefficient (Wildman–Crippen LogP) is 3.32. The molecule has 7 heteroatoms. The lowest BCUT2D eigenvalue weighted by Crippen LogP contribution is -2.29. The van der Waals surface area contributed by atoms with E-state index in [-0.39, 0.29) is 17.6 Å². The molecule has 6 nitrogen and oxygen atoms in total. The average molecular weight is 359 g/mol. The minimum Gasteiger partial charge on any atom is -0.504 e. The second-order valence-electron chi connectivity index (χ2n) is 6.49. The summed E-state index contributed by atoms with van der Waals surface area (Å²) in [5.74, 6) is 1.07. The minimum atomic E-state index is -0.0865. The van der Waals surface area contributed by atoms with E-state index >= 15 is 0 Å². The maximum absolute atomic E-state index is 12.2. The van der Waals surface area contributed by atoms with Gasteiger partial charge in [0, 0.05) is 25.4 Å². The Bertz CT molecular complexity index is 799. The average Bonchev–Trinajstić information content (AvgIpc) is 3.05. The van der Waals surface area contributed by atoms with Gasteiger partial charge in [-0.15, -0.1) is 0 Å². The number of anilines is 2. The smallest absolute Gasteiger partial charge is 0.226 e. The van der Waals surface area contributed by atoms with Crippen LogP contribution in [0.4, 0.5) is 10.9 Å². The molecule has 1 aromatic carbocycles. The molecular weight excluding hydrogens is 338 g/mol. The van der Waals surface area contributed by atoms with Crippen molar-refractivity contribution in [3.63, 3.8) is 0 Å². The summed E-state index contributed by atoms with van der Waals surface area (Å²) in [6.07, 6.45) is 4.01. The molecule has 2 aromatic rings. The summed E-state index contributed by atoms with van der Waals surface area (Å²) in [5, 5.41) is 14.0. The van der Waals surface area contributed by atoms with Crippen LogP contribution in [-0.4, -0.2) is 36.2 Å². The molecule has 1 atom stereocenters. The molecule has 1 saturated heterocycles. The van der Waals surface area contributed by atoms with Crippen LogP contribution in [0.5, 0.6) is 11.5 Å². The molecule has 4 rings (SSSR count). The van der Waals surface area contributed by atoms with Crippen LogP contribution in [0.15, 0.2) is 18.2 Å². The van der Waals surface area contributed by atoms with Crippen molar-refractivity contribution in [1.29, 1.82) is 0 Å². The third-order valence-corrected chi connectivity index (χ3v) is 6.07. The number of nitrogens with one attached hydrogen (secondary N) is 1. The van der Waals surface area contributed by atoms with Crippen LogP contribution in [0.25, 0.3) is 0 Å². The lowest BCUT2D eigenvalue weighted by molar-refractivity contribution is -0.116. The van der Waals surface area contributed by atoms with Gasteiger partial charge in [0.2, 0.25) is 5.91 Å². The number of phenolic OH excluding ortho intramolecular Hbond substituents is 1. The van der Waals surface area contributed by atoms with Gasteiger partial charge in [0.1, 0.15) is 5.82 Å². The molecular formula is C18H21N3O3S. The van der Waals surface area contributed by atoms with Crippen molar-refractivity contribution in [2.24, 2.45) is 0 Å². The molecule has 2 N–H and O–H groups in total. The normalized spacial score (nSPS) is 20.1. The topological polar surface area (TPSA) is 74.7 Å². The number of aromatic hydroxyl groups is 1. The molecule has 0 bridgehead atoms. The van der Waals surface area contributed by atoms with Crippen LogP contribution in [0.2, 0.25) is 0 Å². The van der Waals surface area contributed by atoms with Gasteiger partial charge >= 0.3 is 0 Å². The van der Waals surface area contributed by atoms with Crippen LogP contribution in [0.1, 0.15) is 42.0 Å². The number of rotatable bonds is 3. The van der Waals surface area contributed by atoms with Crippen molar-refractivity contribution < 1.29 is 14.6 Å². The van der Waals surface area contributed by atoms with Crippen LogP contribution in [0.3, 0.4) is 0 Å². The molecule has 1 fully saturated rings. The third kappa shape index (κ3) is 3.04. The number of ether oxygens (including phenoxy) is 1. The highest BCUT2D eigenvalue weighted by Crippen LogP contribution is 2.44. The van der Waals surface area contributed by atoms with E-state index < -0.39 is 0 Å². The molecule has 0 unspecified atom stereocenters. The number of aromatic nitrogens is 1. The van der Waals surface area contributed by atoms with E-state index in [1.54, 1.807) is 23.5 Å². The number of carbonyl (C=O) groups excluding carboxylic acids is 1. The van der Waals surface area contributed by atoms with Gasteiger partial charge in [0.05, 0.1) is 12.0 Å². The minimum absolute atomic E-state index is 0.0386. The van der Waals surface area contributed by atoms with Gasteiger partial charge < -0.3 is 20.1 Å². The van der Waals surface area contributed by atoms with E-state index in [9.17, 15) is 9.90 Å². The number of nitrogens with zero attached hydrogens (tertiary/aromatic N) is 2. The van der Waals surface area contributed by atoms with Gasteiger partial charge in [0.15, 0.2) is 16.6 Å². The van der Waals surface area contributed by atoms with Crippen molar-refractivity contribution in [2.75, 3.05) is 30.4 Å². The molecule has 0 aliphatic carbocycles. The van der Waals surface area contributed by atoms with Gasteiger partial charge in [0.25, 0.3) is 0 Å². The lowest BCUT2D eigenvalue weighted by atomic mass is 9.91. The molecule has 132 valence electrons. The van der Waals surface area contributed by atoms with Crippen molar-refractivity contribution in [3.05, 3.63) is 28.6 Å². The highest BCUT2D eigenvalue weighted by Gasteiger charge is 2.32. The van der Waals surface area contributed by atoms with Crippen molar-refractivity contribution in [1.82, 2.24) is 4.98 Å². The number of fused-ring (bicyclic) bond motifs is 1. The summed E-state index contributed by atoms with van der Waals surface area (Å²) < 4.78 is 5.12. The first kappa shape index (κ1) is 16.2. The predicted molar refractivity (Wildman–Crippen MR) is 97.9 cm³/mol. The van der Waals surface area contributed by atoms with E-state index in [0.29, 0.717) is 18.0 Å². The summed E-state index contributed by atoms with van der Waals surface area (Å²) in [6.45, 7) is 2.04. The van der Waals surface area contributed by atoms with E-state index in [1.807, 2.05) is 6.07 Å². The second-order valence-corrected chi connectivity index (χ2v) is 7.50. The van der Waals surface area contributed by atoms with Gasteiger partial charge in [-0.3, -0.25) is 4.79 Å². The molecule has 0 radical (unpaired) electrons. The zero-order valence-electron chi connectivity index (χ0n) is 14.1. The molecule has 2 aliphatic rings. The van der Waals surface area contributed by atoms with E-state index in [2.05, 4.69) is 15.2 Å². The quantitative estimate of drug-likeness (QED) is 0.879. The number of benzene rings is 1. The van der Waals surface area contributed by atoms with Crippen molar-refractivity contribution in [3.8, 4) is 11.5 Å². The SMILES string of the molecule is COc1ccc([C@H]2CC(=O)Nc3nc(N4CCCCC4)sc32)cc1O. The molecule has 1 aromatic heterocycles. The van der Waals surface area contributed by atoms with Crippen molar-refractivity contribution in [2.45, 2.75) is 31.6 Å². The Morgan fingerprint density at radius 2 is 2.12 bits per heavy atom. The van der Waals surface area contributed by atoms with Crippen LogP contribution in [0, 0.1) is 0 Å². The second kappa shape index (κ2) is 6.55. The fraction of sp³-hybridized carbons (Fsp3) is 0.444. The Hall–Kier alpha value is -2.28. The highest BCUT2D eigenvalue weighted by atomic mass is 32.1. The number of phenols is 1. The number of carbonyl (C=O) groups is 1. The Balaban J connectivity index is 1.70. The standard InChI is InChI=1S/C18H21N3O3S/c1-24-14-6-5-11(9-13(14)22)12-10-15(23)19-17-16(12)25-18(20-17)21-7-3-2-4-8-21/h5-6,9,12,22H,2-4,7-8,10H2,1H3,(H,19,23)/t12-/m1/s1. The summed E-state index contributed by atoms with van der Waals surface area (Å²) >= 11 is 1.65. The van der Waals surface area contributed by atoms with E-state index in [4.69, 9.17) is 4.74 Å². The van der Waals surface area contributed by atoms with Crippen LogP contribution in [-0.2, 0) is 4.79 Å². The summed E-state index contributed by atoms with van der Waals surface area (Å²) in [5.41, 5.74) is 0.906. The molecule has 0 saturated carbocycles. The number of hydrogen-bond donors (Lipinski definition) is 2. The maximum Gasteiger partial charge on any atom is 0.226 e. The van der Waals surface area contributed by atoms with Crippen LogP contribution >= 0.6 is 11.3 Å². The van der Waals surface area contributed by atoms with Crippen molar-refractivity contribution >= 4 is 28.2 Å². The number of thiazole rings is 1. The monoisotopic (exact) mass is 359 g/mol. The lowest BCUT2D eigenvalue weighted by Gasteiger charge is -2.25. The first-order valence-electron chi connectivity index (χ1n) is 8.58. The molecule has 1 amide bonds. The first-order valence-corrected chi connectivity index (χ1v) is 9.40. The number of amides is 1. The summed E-state index contributed by atoms with van der Waals surface area (Å²) in [6, 6.07) is 5.33. The Morgan fingerprint density at radius 3 is 2.84 bits per heavy atom. The third-order valence-electron chi connectivity index (χ3n) is 4.84. The van der Waals surface area contributed by atoms with Gasteiger partial charge in [-0.2, -0.15) is 0 Å². The number of hydrogen-bond acceptors (Lipinski definition) is 6. The zero-order chi connectivity index (χ0) is 17.4. The molecule has 3 heterocycles. The number of methoxy groups -OCH3 is 1. The first-order chi connectivity index (χ1) is 12.2. The zero-order valence-corrected chi connectivity index (χ0v) is 14.9. The van der Waals surface area contributed by atoms with Crippen LogP contribution < -0.4 is 15.0 Å². The van der Waals surface area contributed by atoms with E-state index in [0.717, 1.165) is 28.7 Å². The Labute approximate surface area is 150 Å². The molecule has 0 spiro atoms. The largest absolute Gasteiger partial charge is 0.504 e. The highest BCUT2D eigenvalue weighted by molar-refractivity contribution is 7.16. The molecule has 2 aliphatic heterocycles. The van der Waals surface area contributed by atoms with Gasteiger partial charge in [-0.05, 0) is 37.0 Å². The van der Waals surface area contributed by atoms with Gasteiger partial charge in [-0.1, -0.05) is 17.4 Å². The van der Waals surface area contributed by atoms with Gasteiger partial charge in [-0.25, -0.2) is 4.98 Å². The summed E-state index contributed by atoms with van der Waals surface area (Å²) in [7, 11) is 1.52. The Kier molecular flexibility index (Phi) is 4.25. The summed E-state index contributed by atoms with van der Waals surface area (Å²) in [4.78, 5) is 20.2. The number of piperidine rings is 1. The van der Waals surface area contributed by atoms with E-state index in [1.165, 1.54) is 26.4 Å². The Morgan fingerprint density at radius 1 is 1.32 bits per heavy atom. The molecule has 25 heavy (non-hydrogen) atoms. The fourth-order valence-electron chi connectivity index (χ4n) is 3.52. The fourth-order valence-corrected chi connectivity index (χ4v) is 4.72. The maximum atomic E-state index is 12.2.